The van der Waals surface area contributed by atoms with E-state index in [1.54, 1.807) is 0 Å². The Morgan fingerprint density at radius 2 is 2.21 bits per heavy atom. The highest BCUT2D eigenvalue weighted by molar-refractivity contribution is 5.83. The number of carbonyl (C=O) groups is 1. The van der Waals surface area contributed by atoms with Gasteiger partial charge in [-0.15, -0.1) is 0 Å². The Kier molecular flexibility index (Phi) is 2.66. The molecule has 0 heterocycles. The van der Waals surface area contributed by atoms with Crippen molar-refractivity contribution in [3.05, 3.63) is 27.8 Å². The van der Waals surface area contributed by atoms with Gasteiger partial charge in [-0.25, -0.2) is 0 Å². The van der Waals surface area contributed by atoms with Gasteiger partial charge in [0.05, 0.1) is 17.6 Å². The molecule has 6 nitrogen and oxygen atoms in total. The predicted molar refractivity (Wildman–Crippen MR) is 49.4 cm³/mol. The first-order valence-electron chi connectivity index (χ1n) is 3.67. The van der Waals surface area contributed by atoms with Gasteiger partial charge in [-0.1, -0.05) is 0 Å². The zero-order valence-electron chi connectivity index (χ0n) is 7.39. The number of hydrogen-bond donors (Lipinski definition) is 1. The summed E-state index contributed by atoms with van der Waals surface area (Å²) in [6.45, 7) is 0. The number of nitrogen functional groups attached to an aromatic ring is 1. The van der Waals surface area contributed by atoms with Gasteiger partial charge in [-0.05, 0) is 0 Å². The highest BCUT2D eigenvalue weighted by Gasteiger charge is 2.15. The summed E-state index contributed by atoms with van der Waals surface area (Å²) in [6.07, 6.45) is 0.477. The lowest BCUT2D eigenvalue weighted by Gasteiger charge is -2.04. The molecule has 0 atom stereocenters. The van der Waals surface area contributed by atoms with Crippen LogP contribution in [0.3, 0.4) is 0 Å². The van der Waals surface area contributed by atoms with E-state index in [1.807, 2.05) is 0 Å². The molecule has 0 aliphatic rings. The SMILES string of the molecule is COc1cc(N)c([N+](=O)[O-])cc1C=O. The predicted octanol–water partition coefficient (Wildman–Crippen LogP) is 0.998. The number of nitrogens with two attached hydrogens (primary N) is 1. The molecular formula is C8H8N2O4. The molecule has 0 spiro atoms. The zero-order valence-corrected chi connectivity index (χ0v) is 7.39. The van der Waals surface area contributed by atoms with E-state index in [4.69, 9.17) is 10.5 Å². The zero-order chi connectivity index (χ0) is 10.7. The maximum absolute atomic E-state index is 10.5. The second kappa shape index (κ2) is 3.73. The molecule has 0 saturated carbocycles. The summed E-state index contributed by atoms with van der Waals surface area (Å²) in [5.41, 5.74) is 5.16. The Morgan fingerprint density at radius 3 is 2.64 bits per heavy atom. The molecule has 0 unspecified atom stereocenters. The molecule has 0 aliphatic carbocycles. The van der Waals surface area contributed by atoms with Gasteiger partial charge in [0, 0.05) is 12.1 Å². The lowest BCUT2D eigenvalue weighted by molar-refractivity contribution is -0.383. The summed E-state index contributed by atoms with van der Waals surface area (Å²) in [7, 11) is 1.35. The molecule has 14 heavy (non-hydrogen) atoms. The van der Waals surface area contributed by atoms with Crippen LogP contribution >= 0.6 is 0 Å². The standard InChI is InChI=1S/C8H8N2O4/c1-14-8-3-6(9)7(10(12)13)2-5(8)4-11/h2-4H,9H2,1H3. The first kappa shape index (κ1) is 9.97. The normalized spacial score (nSPS) is 9.50. The Morgan fingerprint density at radius 1 is 1.57 bits per heavy atom. The third-order valence-corrected chi connectivity index (χ3v) is 1.70. The Bertz CT molecular complexity index is 389. The van der Waals surface area contributed by atoms with Gasteiger partial charge in [0.2, 0.25) is 0 Å². The van der Waals surface area contributed by atoms with Crippen molar-refractivity contribution < 1.29 is 14.5 Å². The van der Waals surface area contributed by atoms with Crippen molar-refractivity contribution in [1.82, 2.24) is 0 Å². The number of ether oxygens (including phenoxy) is 1. The summed E-state index contributed by atoms with van der Waals surface area (Å²) in [6, 6.07) is 2.34. The molecule has 0 saturated heterocycles. The number of hydrogen-bond acceptors (Lipinski definition) is 5. The van der Waals surface area contributed by atoms with Crippen LogP contribution in [0.2, 0.25) is 0 Å². The average Bonchev–Trinajstić information content (AvgIpc) is 2.16. The van der Waals surface area contributed by atoms with Gasteiger partial charge in [-0.3, -0.25) is 14.9 Å². The van der Waals surface area contributed by atoms with Crippen LogP contribution in [-0.2, 0) is 0 Å². The minimum atomic E-state index is -0.651. The van der Waals surface area contributed by atoms with E-state index in [-0.39, 0.29) is 22.7 Å². The third kappa shape index (κ3) is 1.63. The number of nitro benzene ring substituents is 1. The molecule has 0 bridgehead atoms. The summed E-state index contributed by atoms with van der Waals surface area (Å²) in [5, 5.41) is 10.5. The van der Waals surface area contributed by atoms with Crippen LogP contribution in [0.5, 0.6) is 5.75 Å². The summed E-state index contributed by atoms with van der Waals surface area (Å²) >= 11 is 0. The van der Waals surface area contributed by atoms with E-state index in [0.717, 1.165) is 6.07 Å². The average molecular weight is 196 g/mol. The Labute approximate surface area is 79.4 Å². The van der Waals surface area contributed by atoms with E-state index in [2.05, 4.69) is 0 Å². The molecule has 0 amide bonds. The third-order valence-electron chi connectivity index (χ3n) is 1.70. The number of anilines is 1. The highest BCUT2D eigenvalue weighted by Crippen LogP contribution is 2.29. The molecule has 0 aromatic heterocycles. The van der Waals surface area contributed by atoms with Crippen molar-refractivity contribution >= 4 is 17.7 Å². The van der Waals surface area contributed by atoms with Gasteiger partial charge >= 0.3 is 0 Å². The first-order chi connectivity index (χ1) is 6.60. The Hall–Kier alpha value is -2.11. The quantitative estimate of drug-likeness (QED) is 0.336. The van der Waals surface area contributed by atoms with Gasteiger partial charge < -0.3 is 10.5 Å². The summed E-state index contributed by atoms with van der Waals surface area (Å²) in [4.78, 5) is 20.3. The lowest BCUT2D eigenvalue weighted by Crippen LogP contribution is -1.99. The maximum atomic E-state index is 10.5. The van der Waals surface area contributed by atoms with Gasteiger partial charge in [0.15, 0.2) is 6.29 Å². The molecule has 0 radical (unpaired) electrons. The molecule has 0 aliphatic heterocycles. The largest absolute Gasteiger partial charge is 0.496 e. The topological polar surface area (TPSA) is 95.5 Å². The number of nitro groups is 1. The van der Waals surface area contributed by atoms with Crippen LogP contribution in [0.15, 0.2) is 12.1 Å². The number of nitrogens with zero attached hydrogens (tertiary/aromatic N) is 1. The van der Waals surface area contributed by atoms with E-state index in [1.165, 1.54) is 13.2 Å². The van der Waals surface area contributed by atoms with Crippen LogP contribution in [0.25, 0.3) is 0 Å². The minimum absolute atomic E-state index is 0.0301. The molecule has 2 N–H and O–H groups in total. The van der Waals surface area contributed by atoms with Crippen LogP contribution in [-0.4, -0.2) is 18.3 Å². The molecule has 1 aromatic carbocycles. The van der Waals surface area contributed by atoms with Gasteiger partial charge in [0.1, 0.15) is 11.4 Å². The molecule has 74 valence electrons. The fraction of sp³-hybridized carbons (Fsp3) is 0.125. The van der Waals surface area contributed by atoms with Crippen LogP contribution < -0.4 is 10.5 Å². The van der Waals surface area contributed by atoms with Crippen molar-refractivity contribution in [2.24, 2.45) is 0 Å². The van der Waals surface area contributed by atoms with Crippen molar-refractivity contribution in [3.8, 4) is 5.75 Å². The minimum Gasteiger partial charge on any atom is -0.496 e. The molecular weight excluding hydrogens is 188 g/mol. The van der Waals surface area contributed by atoms with Crippen LogP contribution in [0.4, 0.5) is 11.4 Å². The van der Waals surface area contributed by atoms with E-state index in [0.29, 0.717) is 6.29 Å². The van der Waals surface area contributed by atoms with Gasteiger partial charge in [0.25, 0.3) is 5.69 Å². The molecule has 1 rings (SSSR count). The van der Waals surface area contributed by atoms with E-state index < -0.39 is 4.92 Å². The maximum Gasteiger partial charge on any atom is 0.293 e. The second-order valence-electron chi connectivity index (χ2n) is 2.53. The first-order valence-corrected chi connectivity index (χ1v) is 3.67. The second-order valence-corrected chi connectivity index (χ2v) is 2.53. The summed E-state index contributed by atoms with van der Waals surface area (Å²) in [5.74, 6) is 0.225. The number of carbonyl (C=O) groups excluding carboxylic acids is 1. The molecule has 1 aromatic rings. The fourth-order valence-electron chi connectivity index (χ4n) is 1.03. The van der Waals surface area contributed by atoms with E-state index in [9.17, 15) is 14.9 Å². The number of rotatable bonds is 3. The van der Waals surface area contributed by atoms with E-state index >= 15 is 0 Å². The Balaban J connectivity index is 3.37. The lowest BCUT2D eigenvalue weighted by atomic mass is 10.1. The van der Waals surface area contributed by atoms with Crippen molar-refractivity contribution in [3.63, 3.8) is 0 Å². The monoisotopic (exact) mass is 196 g/mol. The fourth-order valence-corrected chi connectivity index (χ4v) is 1.03. The highest BCUT2D eigenvalue weighted by atomic mass is 16.6. The van der Waals surface area contributed by atoms with Crippen molar-refractivity contribution in [1.29, 1.82) is 0 Å². The number of methoxy groups -OCH3 is 1. The number of benzene rings is 1. The molecule has 0 fully saturated rings. The summed E-state index contributed by atoms with van der Waals surface area (Å²) < 4.78 is 4.82. The number of aldehydes is 1. The van der Waals surface area contributed by atoms with Crippen LogP contribution in [0, 0.1) is 10.1 Å². The van der Waals surface area contributed by atoms with Crippen LogP contribution in [0.1, 0.15) is 10.4 Å². The van der Waals surface area contributed by atoms with Crippen molar-refractivity contribution in [2.75, 3.05) is 12.8 Å². The smallest absolute Gasteiger partial charge is 0.293 e. The van der Waals surface area contributed by atoms with Crippen molar-refractivity contribution in [2.45, 2.75) is 0 Å². The molecule has 6 heteroatoms. The van der Waals surface area contributed by atoms with Gasteiger partial charge in [-0.2, -0.15) is 0 Å².